The largest absolute Gasteiger partial charge is 0.483 e. The molecule has 6 heteroatoms. The minimum atomic E-state index is -0.981. The van der Waals surface area contributed by atoms with Gasteiger partial charge in [0.25, 0.3) is 5.91 Å². The molecule has 1 aliphatic carbocycles. The second-order valence-corrected chi connectivity index (χ2v) is 7.43. The van der Waals surface area contributed by atoms with Crippen molar-refractivity contribution < 1.29 is 19.4 Å². The first-order chi connectivity index (χ1) is 12.0. The molecule has 5 nitrogen and oxygen atoms in total. The number of carbonyl (C=O) groups excluding carboxylic acids is 1. The van der Waals surface area contributed by atoms with Gasteiger partial charge >= 0.3 is 5.97 Å². The zero-order valence-corrected chi connectivity index (χ0v) is 15.2. The van der Waals surface area contributed by atoms with E-state index in [1.165, 1.54) is 11.3 Å². The van der Waals surface area contributed by atoms with Crippen LogP contribution in [0.2, 0.25) is 0 Å². The fourth-order valence-corrected chi connectivity index (χ4v) is 4.35. The van der Waals surface area contributed by atoms with E-state index >= 15 is 0 Å². The minimum absolute atomic E-state index is 0.147. The van der Waals surface area contributed by atoms with Crippen LogP contribution in [0.1, 0.15) is 44.8 Å². The minimum Gasteiger partial charge on any atom is -0.483 e. The first-order valence-corrected chi connectivity index (χ1v) is 9.15. The smallest absolute Gasteiger partial charge is 0.339 e. The number of thiophene rings is 1. The van der Waals surface area contributed by atoms with Gasteiger partial charge in [0.05, 0.1) is 5.56 Å². The average molecular weight is 359 g/mol. The van der Waals surface area contributed by atoms with Gasteiger partial charge in [-0.3, -0.25) is 4.79 Å². The third kappa shape index (κ3) is 3.85. The molecular weight excluding hydrogens is 338 g/mol. The second-order valence-electron chi connectivity index (χ2n) is 6.33. The first-order valence-electron chi connectivity index (χ1n) is 8.33. The van der Waals surface area contributed by atoms with Crippen LogP contribution in [-0.4, -0.2) is 23.6 Å². The predicted molar refractivity (Wildman–Crippen MR) is 98.0 cm³/mol. The van der Waals surface area contributed by atoms with Crippen LogP contribution in [0.15, 0.2) is 18.2 Å². The van der Waals surface area contributed by atoms with E-state index in [0.29, 0.717) is 10.8 Å². The summed E-state index contributed by atoms with van der Waals surface area (Å²) in [6.45, 7) is 3.73. The van der Waals surface area contributed by atoms with Crippen LogP contribution in [0, 0.1) is 13.8 Å². The number of anilines is 1. The molecule has 1 aliphatic rings. The lowest BCUT2D eigenvalue weighted by Crippen LogP contribution is -2.21. The summed E-state index contributed by atoms with van der Waals surface area (Å²) in [5, 5.41) is 12.7. The van der Waals surface area contributed by atoms with Crippen molar-refractivity contribution in [1.29, 1.82) is 0 Å². The van der Waals surface area contributed by atoms with Crippen molar-refractivity contribution in [3.63, 3.8) is 0 Å². The Balaban J connectivity index is 1.72. The summed E-state index contributed by atoms with van der Waals surface area (Å²) in [5.41, 5.74) is 3.14. The molecule has 0 radical (unpaired) electrons. The zero-order chi connectivity index (χ0) is 18.0. The highest BCUT2D eigenvalue weighted by atomic mass is 32.1. The number of ether oxygens (including phenoxy) is 1. The number of rotatable bonds is 5. The predicted octanol–water partition coefficient (Wildman–Crippen LogP) is 3.96. The van der Waals surface area contributed by atoms with Gasteiger partial charge in [0, 0.05) is 4.88 Å². The van der Waals surface area contributed by atoms with Crippen LogP contribution < -0.4 is 10.1 Å². The first kappa shape index (κ1) is 17.5. The van der Waals surface area contributed by atoms with Crippen molar-refractivity contribution in [1.82, 2.24) is 0 Å². The van der Waals surface area contributed by atoms with Gasteiger partial charge < -0.3 is 15.2 Å². The lowest BCUT2D eigenvalue weighted by molar-refractivity contribution is -0.118. The second kappa shape index (κ2) is 7.27. The van der Waals surface area contributed by atoms with Gasteiger partial charge in [0.15, 0.2) is 6.61 Å². The highest BCUT2D eigenvalue weighted by Crippen LogP contribution is 2.38. The highest BCUT2D eigenvalue weighted by Gasteiger charge is 2.26. The molecule has 1 amide bonds. The molecule has 0 spiro atoms. The molecule has 1 aromatic carbocycles. The molecule has 1 heterocycles. The van der Waals surface area contributed by atoms with E-state index in [1.54, 1.807) is 0 Å². The van der Waals surface area contributed by atoms with Gasteiger partial charge in [0.2, 0.25) is 0 Å². The SMILES string of the molecule is Cc1ccc(C)c(OCC(=O)Nc2sc3c(c2C(=O)O)CCCC3)c1. The number of aromatic carboxylic acids is 1. The summed E-state index contributed by atoms with van der Waals surface area (Å²) in [5.74, 6) is -0.661. The maximum Gasteiger partial charge on any atom is 0.339 e. The summed E-state index contributed by atoms with van der Waals surface area (Å²) in [6.07, 6.45) is 3.71. The Labute approximate surface area is 150 Å². The van der Waals surface area contributed by atoms with Gasteiger partial charge in [0.1, 0.15) is 10.8 Å². The number of benzene rings is 1. The molecular formula is C19H21NO4S. The van der Waals surface area contributed by atoms with Crippen LogP contribution in [-0.2, 0) is 17.6 Å². The van der Waals surface area contributed by atoms with E-state index < -0.39 is 5.97 Å². The molecule has 0 atom stereocenters. The Morgan fingerprint density at radius 3 is 2.76 bits per heavy atom. The fraction of sp³-hybridized carbons (Fsp3) is 0.368. The van der Waals surface area contributed by atoms with Crippen molar-refractivity contribution in [2.45, 2.75) is 39.5 Å². The standard InChI is InChI=1S/C19H21NO4S/c1-11-7-8-12(2)14(9-11)24-10-16(21)20-18-17(19(22)23)13-5-3-4-6-15(13)25-18/h7-9H,3-6,10H2,1-2H3,(H,20,21)(H,22,23). The molecule has 0 saturated heterocycles. The van der Waals surface area contributed by atoms with Crippen LogP contribution >= 0.6 is 11.3 Å². The Bertz CT molecular complexity index is 825. The number of aryl methyl sites for hydroxylation is 3. The number of amides is 1. The molecule has 0 aliphatic heterocycles. The Kier molecular flexibility index (Phi) is 5.08. The van der Waals surface area contributed by atoms with Gasteiger partial charge in [-0.2, -0.15) is 0 Å². The number of fused-ring (bicyclic) bond motifs is 1. The zero-order valence-electron chi connectivity index (χ0n) is 14.3. The number of carboxylic acids is 1. The van der Waals surface area contributed by atoms with Crippen molar-refractivity contribution >= 4 is 28.2 Å². The molecule has 0 saturated carbocycles. The van der Waals surface area contributed by atoms with E-state index in [4.69, 9.17) is 4.74 Å². The summed E-state index contributed by atoms with van der Waals surface area (Å²) in [6, 6.07) is 5.81. The van der Waals surface area contributed by atoms with E-state index in [2.05, 4.69) is 5.32 Å². The van der Waals surface area contributed by atoms with Gasteiger partial charge in [-0.15, -0.1) is 11.3 Å². The fourth-order valence-electron chi connectivity index (χ4n) is 3.05. The number of hydrogen-bond donors (Lipinski definition) is 2. The van der Waals surface area contributed by atoms with Crippen LogP contribution in [0.25, 0.3) is 0 Å². The van der Waals surface area contributed by atoms with Crippen molar-refractivity contribution in [3.8, 4) is 5.75 Å². The Morgan fingerprint density at radius 2 is 2.00 bits per heavy atom. The number of carbonyl (C=O) groups is 2. The Morgan fingerprint density at radius 1 is 1.24 bits per heavy atom. The van der Waals surface area contributed by atoms with Crippen molar-refractivity contribution in [2.24, 2.45) is 0 Å². The molecule has 0 fully saturated rings. The van der Waals surface area contributed by atoms with Gasteiger partial charge in [-0.05, 0) is 62.3 Å². The average Bonchev–Trinajstić information content (AvgIpc) is 2.93. The summed E-state index contributed by atoms with van der Waals surface area (Å²) in [7, 11) is 0. The molecule has 2 N–H and O–H groups in total. The quantitative estimate of drug-likeness (QED) is 0.847. The summed E-state index contributed by atoms with van der Waals surface area (Å²) < 4.78 is 5.60. The van der Waals surface area contributed by atoms with E-state index in [0.717, 1.165) is 47.3 Å². The molecule has 1 aromatic heterocycles. The van der Waals surface area contributed by atoms with Crippen molar-refractivity contribution in [3.05, 3.63) is 45.3 Å². The third-order valence-electron chi connectivity index (χ3n) is 4.34. The van der Waals surface area contributed by atoms with Gasteiger partial charge in [-0.25, -0.2) is 4.79 Å². The molecule has 132 valence electrons. The van der Waals surface area contributed by atoms with E-state index in [-0.39, 0.29) is 18.1 Å². The number of nitrogens with one attached hydrogen (secondary N) is 1. The van der Waals surface area contributed by atoms with Gasteiger partial charge in [-0.1, -0.05) is 12.1 Å². The van der Waals surface area contributed by atoms with E-state index in [1.807, 2.05) is 32.0 Å². The van der Waals surface area contributed by atoms with Crippen LogP contribution in [0.3, 0.4) is 0 Å². The highest BCUT2D eigenvalue weighted by molar-refractivity contribution is 7.17. The number of carboxylic acid groups (broad SMARTS) is 1. The lowest BCUT2D eigenvalue weighted by atomic mass is 9.95. The lowest BCUT2D eigenvalue weighted by Gasteiger charge is -2.11. The molecule has 0 bridgehead atoms. The number of hydrogen-bond acceptors (Lipinski definition) is 4. The summed E-state index contributed by atoms with van der Waals surface area (Å²) >= 11 is 1.38. The topological polar surface area (TPSA) is 75.6 Å². The van der Waals surface area contributed by atoms with Crippen LogP contribution in [0.5, 0.6) is 5.75 Å². The normalized spacial score (nSPS) is 13.2. The Hall–Kier alpha value is -2.34. The maximum atomic E-state index is 12.2. The van der Waals surface area contributed by atoms with Crippen molar-refractivity contribution in [2.75, 3.05) is 11.9 Å². The van der Waals surface area contributed by atoms with E-state index in [9.17, 15) is 14.7 Å². The molecule has 2 aromatic rings. The third-order valence-corrected chi connectivity index (χ3v) is 5.55. The van der Waals surface area contributed by atoms with Crippen LogP contribution in [0.4, 0.5) is 5.00 Å². The molecule has 25 heavy (non-hydrogen) atoms. The molecule has 3 rings (SSSR count). The summed E-state index contributed by atoms with van der Waals surface area (Å²) in [4.78, 5) is 24.9. The monoisotopic (exact) mass is 359 g/mol. The molecule has 0 unspecified atom stereocenters. The maximum absolute atomic E-state index is 12.2.